The Morgan fingerprint density at radius 3 is 2.43 bits per heavy atom. The third-order valence-electron chi connectivity index (χ3n) is 3.29. The Labute approximate surface area is 125 Å². The molecular weight excluding hydrogens is 274 g/mol. The van der Waals surface area contributed by atoms with E-state index in [1.54, 1.807) is 6.92 Å². The number of carboxylic acids is 1. The molecule has 21 heavy (non-hydrogen) atoms. The summed E-state index contributed by atoms with van der Waals surface area (Å²) in [6.07, 6.45) is 1.24. The van der Waals surface area contributed by atoms with Crippen LogP contribution in [0.3, 0.4) is 0 Å². The minimum Gasteiger partial charge on any atom is -0.481 e. The summed E-state index contributed by atoms with van der Waals surface area (Å²) in [6, 6.07) is -1.06. The van der Waals surface area contributed by atoms with Gasteiger partial charge in [-0.25, -0.2) is 4.79 Å². The molecule has 0 aliphatic carbocycles. The first-order valence-corrected chi connectivity index (χ1v) is 7.20. The Hall–Kier alpha value is -1.79. The maximum atomic E-state index is 12.1. The third kappa shape index (κ3) is 5.61. The largest absolute Gasteiger partial charge is 0.481 e. The summed E-state index contributed by atoms with van der Waals surface area (Å²) in [5.41, 5.74) is -0.365. The molecule has 1 saturated heterocycles. The lowest BCUT2D eigenvalue weighted by Crippen LogP contribution is -2.55. The van der Waals surface area contributed by atoms with Crippen LogP contribution in [0.5, 0.6) is 0 Å². The van der Waals surface area contributed by atoms with E-state index in [-0.39, 0.29) is 18.0 Å². The molecule has 1 heterocycles. The zero-order valence-corrected chi connectivity index (χ0v) is 13.1. The highest BCUT2D eigenvalue weighted by Gasteiger charge is 2.29. The van der Waals surface area contributed by atoms with Crippen molar-refractivity contribution in [2.75, 3.05) is 13.1 Å². The molecule has 0 spiro atoms. The van der Waals surface area contributed by atoms with Crippen LogP contribution in [0.2, 0.25) is 0 Å². The van der Waals surface area contributed by atoms with Gasteiger partial charge in [0, 0.05) is 18.6 Å². The minimum absolute atomic E-state index is 0.189. The van der Waals surface area contributed by atoms with Crippen LogP contribution in [-0.4, -0.2) is 52.6 Å². The lowest BCUT2D eigenvalue weighted by Gasteiger charge is -2.32. The van der Waals surface area contributed by atoms with E-state index in [2.05, 4.69) is 10.6 Å². The van der Waals surface area contributed by atoms with Crippen LogP contribution in [-0.2, 0) is 9.59 Å². The van der Waals surface area contributed by atoms with Gasteiger partial charge in [-0.05, 0) is 40.5 Å². The van der Waals surface area contributed by atoms with Crippen molar-refractivity contribution < 1.29 is 19.5 Å². The molecule has 0 saturated carbocycles. The normalized spacial score (nSPS) is 20.6. The van der Waals surface area contributed by atoms with Crippen LogP contribution in [0.1, 0.15) is 40.5 Å². The first-order valence-electron chi connectivity index (χ1n) is 7.20. The van der Waals surface area contributed by atoms with Gasteiger partial charge in [0.2, 0.25) is 5.91 Å². The highest BCUT2D eigenvalue weighted by atomic mass is 16.4. The van der Waals surface area contributed by atoms with Gasteiger partial charge in [0.1, 0.15) is 6.04 Å². The number of likely N-dealkylation sites (tertiary alicyclic amines) is 1. The molecular formula is C14H25N3O4. The number of nitrogens with zero attached hydrogens (tertiary/aromatic N) is 1. The molecule has 7 heteroatoms. The van der Waals surface area contributed by atoms with E-state index < -0.39 is 24.0 Å². The molecule has 3 amide bonds. The molecule has 1 fully saturated rings. The number of aliphatic carboxylic acids is 1. The number of nitrogens with one attached hydrogen (secondary N) is 2. The highest BCUT2D eigenvalue weighted by molar-refractivity contribution is 5.87. The van der Waals surface area contributed by atoms with Gasteiger partial charge in [0.05, 0.1) is 5.92 Å². The lowest BCUT2D eigenvalue weighted by atomic mass is 9.99. The highest BCUT2D eigenvalue weighted by Crippen LogP contribution is 2.16. The van der Waals surface area contributed by atoms with Crippen molar-refractivity contribution in [3.05, 3.63) is 0 Å². The maximum absolute atomic E-state index is 12.1. The first kappa shape index (κ1) is 17.3. The second-order valence-corrected chi connectivity index (χ2v) is 6.53. The summed E-state index contributed by atoms with van der Waals surface area (Å²) >= 11 is 0. The SMILES string of the molecule is CC(NC(=O)N1CCCC(C(=O)O)C1)C(=O)NC(C)(C)C. The number of amides is 3. The van der Waals surface area contributed by atoms with Crippen LogP contribution in [0.25, 0.3) is 0 Å². The molecule has 0 aromatic heterocycles. The fourth-order valence-corrected chi connectivity index (χ4v) is 2.18. The first-order chi connectivity index (χ1) is 9.60. The van der Waals surface area contributed by atoms with E-state index >= 15 is 0 Å². The molecule has 1 rings (SSSR count). The Morgan fingerprint density at radius 1 is 1.29 bits per heavy atom. The summed E-state index contributed by atoms with van der Waals surface area (Å²) in [4.78, 5) is 36.4. The molecule has 1 aliphatic heterocycles. The van der Waals surface area contributed by atoms with Crippen LogP contribution in [0.15, 0.2) is 0 Å². The monoisotopic (exact) mass is 299 g/mol. The van der Waals surface area contributed by atoms with E-state index in [1.807, 2.05) is 20.8 Å². The van der Waals surface area contributed by atoms with Gasteiger partial charge >= 0.3 is 12.0 Å². The fourth-order valence-electron chi connectivity index (χ4n) is 2.18. The van der Waals surface area contributed by atoms with Gasteiger partial charge in [-0.15, -0.1) is 0 Å². The van der Waals surface area contributed by atoms with Crippen molar-refractivity contribution in [3.63, 3.8) is 0 Å². The van der Waals surface area contributed by atoms with E-state index in [1.165, 1.54) is 4.90 Å². The minimum atomic E-state index is -0.883. The maximum Gasteiger partial charge on any atom is 0.318 e. The number of carbonyl (C=O) groups excluding carboxylic acids is 2. The van der Waals surface area contributed by atoms with Gasteiger partial charge in [-0.3, -0.25) is 9.59 Å². The van der Waals surface area contributed by atoms with Crippen molar-refractivity contribution in [2.45, 2.75) is 52.1 Å². The van der Waals surface area contributed by atoms with Crippen LogP contribution < -0.4 is 10.6 Å². The molecule has 1 aliphatic rings. The van der Waals surface area contributed by atoms with Crippen molar-refractivity contribution in [3.8, 4) is 0 Å². The van der Waals surface area contributed by atoms with E-state index in [4.69, 9.17) is 5.11 Å². The molecule has 2 atom stereocenters. The van der Waals surface area contributed by atoms with Crippen LogP contribution in [0, 0.1) is 5.92 Å². The number of urea groups is 1. The summed E-state index contributed by atoms with van der Waals surface area (Å²) in [5.74, 6) is -1.67. The molecule has 120 valence electrons. The molecule has 2 unspecified atom stereocenters. The average Bonchev–Trinajstić information content (AvgIpc) is 2.36. The predicted molar refractivity (Wildman–Crippen MR) is 77.8 cm³/mol. The van der Waals surface area contributed by atoms with E-state index in [9.17, 15) is 14.4 Å². The van der Waals surface area contributed by atoms with E-state index in [0.29, 0.717) is 19.4 Å². The van der Waals surface area contributed by atoms with Crippen molar-refractivity contribution >= 4 is 17.9 Å². The fraction of sp³-hybridized carbons (Fsp3) is 0.786. The van der Waals surface area contributed by atoms with Crippen molar-refractivity contribution in [1.29, 1.82) is 0 Å². The topological polar surface area (TPSA) is 98.7 Å². The number of carboxylic acid groups (broad SMARTS) is 1. The second-order valence-electron chi connectivity index (χ2n) is 6.53. The Bertz CT molecular complexity index is 417. The Morgan fingerprint density at radius 2 is 1.90 bits per heavy atom. The number of hydrogen-bond donors (Lipinski definition) is 3. The summed E-state index contributed by atoms with van der Waals surface area (Å²) in [5, 5.41) is 14.4. The van der Waals surface area contributed by atoms with E-state index in [0.717, 1.165) is 0 Å². The van der Waals surface area contributed by atoms with Gasteiger partial charge in [0.25, 0.3) is 0 Å². The van der Waals surface area contributed by atoms with Crippen LogP contribution >= 0.6 is 0 Å². The predicted octanol–water partition coefficient (Wildman–Crippen LogP) is 0.796. The Balaban J connectivity index is 2.52. The summed E-state index contributed by atoms with van der Waals surface area (Å²) in [7, 11) is 0. The van der Waals surface area contributed by atoms with Gasteiger partial charge in [-0.2, -0.15) is 0 Å². The molecule has 0 aromatic carbocycles. The van der Waals surface area contributed by atoms with Gasteiger partial charge < -0.3 is 20.6 Å². The zero-order chi connectivity index (χ0) is 16.2. The Kier molecular flexibility index (Phi) is 5.57. The standard InChI is InChI=1S/C14H25N3O4/c1-9(11(18)16-14(2,3)4)15-13(21)17-7-5-6-10(8-17)12(19)20/h9-10H,5-8H2,1-4H3,(H,15,21)(H,16,18)(H,19,20). The molecule has 0 radical (unpaired) electrons. The zero-order valence-electron chi connectivity index (χ0n) is 13.1. The smallest absolute Gasteiger partial charge is 0.318 e. The van der Waals surface area contributed by atoms with Crippen molar-refractivity contribution in [1.82, 2.24) is 15.5 Å². The molecule has 3 N–H and O–H groups in total. The molecule has 0 aromatic rings. The quantitative estimate of drug-likeness (QED) is 0.717. The number of rotatable bonds is 3. The second kappa shape index (κ2) is 6.78. The number of carbonyl (C=O) groups is 3. The lowest BCUT2D eigenvalue weighted by molar-refractivity contribution is -0.143. The number of piperidine rings is 1. The molecule has 0 bridgehead atoms. The average molecular weight is 299 g/mol. The number of hydrogen-bond acceptors (Lipinski definition) is 3. The molecule has 7 nitrogen and oxygen atoms in total. The van der Waals surface area contributed by atoms with Crippen molar-refractivity contribution in [2.24, 2.45) is 5.92 Å². The van der Waals surface area contributed by atoms with Gasteiger partial charge in [-0.1, -0.05) is 0 Å². The summed E-state index contributed by atoms with van der Waals surface area (Å²) < 4.78 is 0. The van der Waals surface area contributed by atoms with Crippen LogP contribution in [0.4, 0.5) is 4.79 Å². The third-order valence-corrected chi connectivity index (χ3v) is 3.29. The summed E-state index contributed by atoms with van der Waals surface area (Å²) in [6.45, 7) is 7.90. The van der Waals surface area contributed by atoms with Gasteiger partial charge in [0.15, 0.2) is 0 Å².